The fraction of sp³-hybridized carbons (Fsp3) is 0.189. The zero-order valence-corrected chi connectivity index (χ0v) is 50.6. The van der Waals surface area contributed by atoms with Crippen molar-refractivity contribution >= 4 is 17.2 Å². The first kappa shape index (κ1) is 57.9. The molecule has 2 atom stereocenters. The van der Waals surface area contributed by atoms with E-state index < -0.39 is 50.4 Å². The molecule has 9 aromatic rings. The second-order valence-electron chi connectivity index (χ2n) is 22.9. The lowest BCUT2D eigenvalue weighted by Crippen LogP contribution is -2.49. The molecule has 0 aliphatic carbocycles. The van der Waals surface area contributed by atoms with Gasteiger partial charge in [-0.3, -0.25) is 18.1 Å². The van der Waals surface area contributed by atoms with Gasteiger partial charge in [0.15, 0.2) is 22.4 Å². The van der Waals surface area contributed by atoms with Crippen LogP contribution in [-0.2, 0) is 51.3 Å². The summed E-state index contributed by atoms with van der Waals surface area (Å²) in [5, 5.41) is 0. The highest BCUT2D eigenvalue weighted by Gasteiger charge is 2.69. The molecule has 424 valence electrons. The Morgan fingerprint density at radius 3 is 0.964 bits per heavy atom. The van der Waals surface area contributed by atoms with Crippen molar-refractivity contribution in [1.29, 1.82) is 0 Å². The summed E-state index contributed by atoms with van der Waals surface area (Å²) in [4.78, 5) is 0. The van der Waals surface area contributed by atoms with E-state index >= 15 is 0 Å². The molecule has 0 amide bonds. The number of methoxy groups -OCH3 is 2. The van der Waals surface area contributed by atoms with E-state index in [0.29, 0.717) is 34.1 Å². The average Bonchev–Trinajstić information content (AvgIpc) is 1.55. The van der Waals surface area contributed by atoms with Crippen LogP contribution in [0.1, 0.15) is 91.6 Å². The quantitative estimate of drug-likeness (QED) is 0.0660. The zero-order valence-electron chi connectivity index (χ0n) is 48.8. The van der Waals surface area contributed by atoms with Crippen LogP contribution in [0.4, 0.5) is 0 Å². The van der Waals surface area contributed by atoms with E-state index in [4.69, 9.17) is 36.6 Å². The first-order chi connectivity index (χ1) is 40.7. The summed E-state index contributed by atoms with van der Waals surface area (Å²) in [7, 11) is -1.36. The van der Waals surface area contributed by atoms with E-state index in [9.17, 15) is 0 Å². The SMILES string of the molecule is C=C/C=C(\C=C)C1(c2ccccc2)OP(Oc2c(-c3cc(OC)cc(C(C)(C)C)c3OP3OC(c4ccccc4)(c4ccccc4)C(c4ccccc4)(c4ccccc4)O3)cc(OC)cc2C(C)(C)C)OC1(c1ccccc1)c1ccccc1. The normalized spacial score (nSPS) is 18.4. The fourth-order valence-electron chi connectivity index (χ4n) is 12.0. The van der Waals surface area contributed by atoms with Crippen LogP contribution >= 0.6 is 17.2 Å². The lowest BCUT2D eigenvalue weighted by atomic mass is 9.66. The molecule has 84 heavy (non-hydrogen) atoms. The maximum atomic E-state index is 7.83. The van der Waals surface area contributed by atoms with Gasteiger partial charge in [0.05, 0.1) is 14.2 Å². The third-order valence-corrected chi connectivity index (χ3v) is 18.2. The maximum absolute atomic E-state index is 7.83. The predicted molar refractivity (Wildman–Crippen MR) is 339 cm³/mol. The lowest BCUT2D eigenvalue weighted by molar-refractivity contribution is 0.00316. The smallest absolute Gasteiger partial charge is 0.400 e. The van der Waals surface area contributed by atoms with Crippen molar-refractivity contribution in [3.63, 3.8) is 0 Å². The highest BCUT2D eigenvalue weighted by atomic mass is 31.2. The van der Waals surface area contributed by atoms with Crippen LogP contribution in [0.5, 0.6) is 23.0 Å². The van der Waals surface area contributed by atoms with E-state index in [1.165, 1.54) is 0 Å². The average molecular weight is 1150 g/mol. The van der Waals surface area contributed by atoms with Gasteiger partial charge in [-0.15, -0.1) is 0 Å². The molecule has 2 unspecified atom stereocenters. The largest absolute Gasteiger partial charge is 0.497 e. The zero-order chi connectivity index (χ0) is 58.7. The van der Waals surface area contributed by atoms with Gasteiger partial charge >= 0.3 is 17.2 Å². The summed E-state index contributed by atoms with van der Waals surface area (Å²) >= 11 is 0. The van der Waals surface area contributed by atoms with E-state index in [1.807, 2.05) is 164 Å². The number of rotatable bonds is 17. The highest BCUT2D eigenvalue weighted by Crippen LogP contribution is 2.73. The summed E-state index contributed by atoms with van der Waals surface area (Å²) in [6, 6.07) is 80.0. The summed E-state index contributed by atoms with van der Waals surface area (Å²) in [5.74, 6) is 2.19. The Morgan fingerprint density at radius 1 is 0.393 bits per heavy atom. The number of hydrogen-bond acceptors (Lipinski definition) is 8. The Bertz CT molecular complexity index is 3560. The summed E-state index contributed by atoms with van der Waals surface area (Å²) in [6.07, 6.45) is 5.53. The van der Waals surface area contributed by atoms with Crippen molar-refractivity contribution in [2.75, 3.05) is 14.2 Å². The Hall–Kier alpha value is -7.90. The molecule has 9 aromatic carbocycles. The minimum absolute atomic E-state index is 0.492. The first-order valence-corrected chi connectivity index (χ1v) is 30.4. The molecule has 0 bridgehead atoms. The van der Waals surface area contributed by atoms with Crippen LogP contribution in [0.25, 0.3) is 11.1 Å². The Morgan fingerprint density at radius 2 is 0.679 bits per heavy atom. The van der Waals surface area contributed by atoms with Crippen LogP contribution in [0.3, 0.4) is 0 Å². The second kappa shape index (κ2) is 23.6. The van der Waals surface area contributed by atoms with Gasteiger partial charge in [-0.05, 0) is 79.6 Å². The van der Waals surface area contributed by atoms with Gasteiger partial charge in [-0.2, -0.15) is 0 Å². The second-order valence-corrected chi connectivity index (χ2v) is 24.9. The topological polar surface area (TPSA) is 73.8 Å². The van der Waals surface area contributed by atoms with Crippen LogP contribution in [0, 0.1) is 0 Å². The Kier molecular flexibility index (Phi) is 16.3. The van der Waals surface area contributed by atoms with Crippen LogP contribution in [-0.4, -0.2) is 14.2 Å². The summed E-state index contributed by atoms with van der Waals surface area (Å²) in [6.45, 7) is 21.6. The first-order valence-electron chi connectivity index (χ1n) is 28.2. The van der Waals surface area contributed by atoms with Crippen LogP contribution in [0.2, 0.25) is 0 Å². The number of benzene rings is 9. The molecule has 2 aliphatic heterocycles. The van der Waals surface area contributed by atoms with Crippen LogP contribution in [0.15, 0.2) is 274 Å². The van der Waals surface area contributed by atoms with Crippen molar-refractivity contribution in [3.05, 3.63) is 324 Å². The number of allylic oxidation sites excluding steroid dienone is 2. The van der Waals surface area contributed by atoms with Gasteiger partial charge in [0, 0.05) is 22.3 Å². The van der Waals surface area contributed by atoms with Crippen molar-refractivity contribution < 1.29 is 36.6 Å². The van der Waals surface area contributed by atoms with Crippen molar-refractivity contribution in [2.24, 2.45) is 0 Å². The molecular formula is C74H70O8P2. The molecule has 2 saturated heterocycles. The van der Waals surface area contributed by atoms with E-state index in [0.717, 1.165) is 55.6 Å². The minimum Gasteiger partial charge on any atom is -0.497 e. The minimum atomic E-state index is -2.37. The molecule has 10 heteroatoms. The molecule has 2 fully saturated rings. The Labute approximate surface area is 498 Å². The molecule has 2 heterocycles. The van der Waals surface area contributed by atoms with Gasteiger partial charge in [-0.1, -0.05) is 285 Å². The van der Waals surface area contributed by atoms with Crippen molar-refractivity contribution in [3.8, 4) is 34.1 Å². The Balaban J connectivity index is 1.17. The van der Waals surface area contributed by atoms with E-state index in [-0.39, 0.29) is 0 Å². The van der Waals surface area contributed by atoms with Gasteiger partial charge < -0.3 is 18.5 Å². The van der Waals surface area contributed by atoms with Crippen LogP contribution < -0.4 is 18.5 Å². The molecule has 8 nitrogen and oxygen atoms in total. The standard InChI is InChI=1S/C74H70O8P2/c1-11-34-53(12-2)71(54-35-20-13-21-36-54)72(55-37-22-14-23-38-55,56-39-24-15-25-40-56)80-83(79-71)77-67-63(49-61(75-9)51-65(67)69(3,4)5)64-50-62(76-10)52-66(70(6,7)8)68(64)78-84-81-73(57-41-26-16-27-42-57,58-43-28-17-29-44-58)74(82-84,59-45-30-18-31-46-59)60-47-32-19-33-48-60/h11-52H,1-2H2,3-10H3/b53-34+. The highest BCUT2D eigenvalue weighted by molar-refractivity contribution is 7.42. The monoisotopic (exact) mass is 1150 g/mol. The third kappa shape index (κ3) is 9.99. The van der Waals surface area contributed by atoms with E-state index in [1.54, 1.807) is 20.3 Å². The van der Waals surface area contributed by atoms with Gasteiger partial charge in [0.2, 0.25) is 0 Å². The lowest BCUT2D eigenvalue weighted by Gasteiger charge is -2.44. The van der Waals surface area contributed by atoms with Gasteiger partial charge in [0.25, 0.3) is 0 Å². The molecule has 11 rings (SSSR count). The summed E-state index contributed by atoms with van der Waals surface area (Å²) in [5.41, 5.74) is 3.22. The van der Waals surface area contributed by atoms with Gasteiger partial charge in [-0.25, -0.2) is 0 Å². The molecule has 2 aliphatic rings. The number of ether oxygens (including phenoxy) is 2. The fourth-order valence-corrected chi connectivity index (χ4v) is 15.2. The van der Waals surface area contributed by atoms with Crippen molar-refractivity contribution in [1.82, 2.24) is 0 Å². The molecule has 0 aromatic heterocycles. The third-order valence-electron chi connectivity index (χ3n) is 15.9. The predicted octanol–water partition coefficient (Wildman–Crippen LogP) is 19.3. The number of hydrogen-bond donors (Lipinski definition) is 0. The maximum Gasteiger partial charge on any atom is 0.400 e. The molecular weight excluding hydrogens is 1080 g/mol. The van der Waals surface area contributed by atoms with Gasteiger partial charge in [0.1, 0.15) is 23.0 Å². The molecule has 0 saturated carbocycles. The molecule has 0 spiro atoms. The molecule has 0 radical (unpaired) electrons. The van der Waals surface area contributed by atoms with E-state index in [2.05, 4.69) is 140 Å². The summed E-state index contributed by atoms with van der Waals surface area (Å²) < 4.78 is 59.2. The van der Waals surface area contributed by atoms with Crippen molar-refractivity contribution in [2.45, 2.75) is 74.8 Å². The molecule has 0 N–H and O–H groups in total.